The van der Waals surface area contributed by atoms with Crippen LogP contribution in [0.2, 0.25) is 0 Å². The molecule has 5 N–H and O–H groups in total. The summed E-state index contributed by atoms with van der Waals surface area (Å²) in [4.78, 5) is 35.0. The van der Waals surface area contributed by atoms with E-state index in [4.69, 9.17) is 10.2 Å². The number of amides is 2. The molecular formula is C34H32FN5O4S. The first-order valence-electron chi connectivity index (χ1n) is 14.1. The Morgan fingerprint density at radius 2 is 1.80 bits per heavy atom. The topological polar surface area (TPSA) is 143 Å². The molecule has 5 aromatic rings. The molecule has 0 atom stereocenters. The number of carbonyl (C=O) groups is 2. The van der Waals surface area contributed by atoms with Gasteiger partial charge in [-0.2, -0.15) is 0 Å². The Hall–Kier alpha value is -5.13. The average molecular weight is 626 g/mol. The normalized spacial score (nSPS) is 11.6. The number of hydrogen-bond acceptors (Lipinski definition) is 8. The number of aliphatic imine (C=N–C) groups is 1. The van der Waals surface area contributed by atoms with Gasteiger partial charge in [0.15, 0.2) is 0 Å². The molecule has 0 radical (unpaired) electrons. The maximum absolute atomic E-state index is 13.4. The minimum Gasteiger partial charge on any atom is -0.472 e. The van der Waals surface area contributed by atoms with Gasteiger partial charge < -0.3 is 25.9 Å². The van der Waals surface area contributed by atoms with Crippen molar-refractivity contribution in [2.24, 2.45) is 4.99 Å². The third-order valence-corrected chi connectivity index (χ3v) is 7.77. The number of benzene rings is 3. The van der Waals surface area contributed by atoms with E-state index in [1.165, 1.54) is 23.5 Å². The van der Waals surface area contributed by atoms with Crippen molar-refractivity contribution in [3.63, 3.8) is 0 Å². The van der Waals surface area contributed by atoms with E-state index in [9.17, 15) is 19.1 Å². The number of furan rings is 1. The summed E-state index contributed by atoms with van der Waals surface area (Å²) < 4.78 is 18.4. The third-order valence-electron chi connectivity index (χ3n) is 6.87. The number of thiazole rings is 1. The number of nitrogens with two attached hydrogens (primary N) is 1. The first kappa shape index (κ1) is 31.3. The van der Waals surface area contributed by atoms with E-state index in [1.807, 2.05) is 0 Å². The number of rotatable bonds is 11. The van der Waals surface area contributed by atoms with Crippen molar-refractivity contribution in [2.75, 3.05) is 17.6 Å². The molecule has 0 saturated heterocycles. The highest BCUT2D eigenvalue weighted by molar-refractivity contribution is 7.13. The molecule has 0 aliphatic carbocycles. The Bertz CT molecular complexity index is 1810. The van der Waals surface area contributed by atoms with Crippen LogP contribution in [0, 0.1) is 5.82 Å². The van der Waals surface area contributed by atoms with Gasteiger partial charge in [0.2, 0.25) is 0 Å². The van der Waals surface area contributed by atoms with E-state index >= 15 is 0 Å². The van der Waals surface area contributed by atoms with Crippen LogP contribution >= 0.6 is 11.3 Å². The highest BCUT2D eigenvalue weighted by Gasteiger charge is 2.17. The van der Waals surface area contributed by atoms with Gasteiger partial charge in [-0.3, -0.25) is 14.6 Å². The highest BCUT2D eigenvalue weighted by Crippen LogP contribution is 2.33. The van der Waals surface area contributed by atoms with E-state index in [2.05, 4.69) is 20.6 Å². The van der Waals surface area contributed by atoms with Crippen LogP contribution < -0.4 is 16.4 Å². The van der Waals surface area contributed by atoms with E-state index < -0.39 is 11.5 Å². The highest BCUT2D eigenvalue weighted by atomic mass is 32.1. The summed E-state index contributed by atoms with van der Waals surface area (Å²) in [7, 11) is 0. The van der Waals surface area contributed by atoms with Crippen molar-refractivity contribution in [1.82, 2.24) is 10.3 Å². The van der Waals surface area contributed by atoms with Gasteiger partial charge >= 0.3 is 0 Å². The van der Waals surface area contributed by atoms with Crippen LogP contribution in [0.25, 0.3) is 21.7 Å². The van der Waals surface area contributed by atoms with Crippen molar-refractivity contribution in [3.05, 3.63) is 113 Å². The number of halogens is 1. The Morgan fingerprint density at radius 1 is 1.07 bits per heavy atom. The fraction of sp³-hybridized carbons (Fsp3) is 0.176. The van der Waals surface area contributed by atoms with Crippen LogP contribution in [0.15, 0.2) is 94.0 Å². The molecule has 0 aliphatic rings. The molecule has 0 spiro atoms. The Morgan fingerprint density at radius 3 is 2.49 bits per heavy atom. The first-order chi connectivity index (χ1) is 21.6. The molecule has 2 heterocycles. The quantitative estimate of drug-likeness (QED) is 0.0968. The summed E-state index contributed by atoms with van der Waals surface area (Å²) in [6.45, 7) is 4.16. The lowest BCUT2D eigenvalue weighted by molar-refractivity contribution is 0.0739. The second-order valence-electron chi connectivity index (χ2n) is 11.0. The lowest BCUT2D eigenvalue weighted by Gasteiger charge is -2.15. The molecule has 45 heavy (non-hydrogen) atoms. The van der Waals surface area contributed by atoms with E-state index in [1.54, 1.807) is 92.6 Å². The van der Waals surface area contributed by atoms with Crippen LogP contribution in [0.5, 0.6) is 0 Å². The minimum atomic E-state index is -0.853. The van der Waals surface area contributed by atoms with E-state index in [0.717, 1.165) is 11.1 Å². The molecule has 0 unspecified atom stereocenters. The number of anilines is 2. The van der Waals surface area contributed by atoms with Gasteiger partial charge in [-0.25, -0.2) is 9.37 Å². The van der Waals surface area contributed by atoms with Crippen LogP contribution in [0.1, 0.15) is 52.2 Å². The van der Waals surface area contributed by atoms with Crippen molar-refractivity contribution in [1.29, 1.82) is 0 Å². The summed E-state index contributed by atoms with van der Waals surface area (Å²) in [5, 5.41) is 18.0. The zero-order valence-corrected chi connectivity index (χ0v) is 25.5. The Labute approximate surface area is 263 Å². The number of aliphatic hydroxyl groups is 1. The number of hydrogen-bond donors (Lipinski definition) is 4. The molecule has 9 nitrogen and oxygen atoms in total. The molecule has 11 heteroatoms. The lowest BCUT2D eigenvalue weighted by Crippen LogP contribution is -2.22. The molecular weight excluding hydrogens is 593 g/mol. The first-order valence-corrected chi connectivity index (χ1v) is 15.0. The molecule has 0 aliphatic heterocycles. The van der Waals surface area contributed by atoms with Gasteiger partial charge in [-0.1, -0.05) is 12.1 Å². The van der Waals surface area contributed by atoms with E-state index in [-0.39, 0.29) is 17.4 Å². The molecule has 230 valence electrons. The molecule has 5 rings (SSSR count). The zero-order valence-electron chi connectivity index (χ0n) is 24.7. The Kier molecular flexibility index (Phi) is 9.50. The number of nitrogens with zero attached hydrogens (tertiary/aromatic N) is 2. The second-order valence-corrected chi connectivity index (χ2v) is 11.9. The predicted octanol–water partition coefficient (Wildman–Crippen LogP) is 6.55. The van der Waals surface area contributed by atoms with Gasteiger partial charge in [-0.15, -0.1) is 11.3 Å². The van der Waals surface area contributed by atoms with Crippen molar-refractivity contribution in [2.45, 2.75) is 32.4 Å². The average Bonchev–Trinajstić information content (AvgIpc) is 3.72. The predicted molar refractivity (Wildman–Crippen MR) is 175 cm³/mol. The molecule has 2 aromatic heterocycles. The second kappa shape index (κ2) is 13.7. The summed E-state index contributed by atoms with van der Waals surface area (Å²) in [5.41, 5.74) is 10.6. The van der Waals surface area contributed by atoms with Crippen LogP contribution in [-0.2, 0) is 6.54 Å². The van der Waals surface area contributed by atoms with Crippen molar-refractivity contribution < 1.29 is 23.5 Å². The van der Waals surface area contributed by atoms with Gasteiger partial charge in [-0.05, 0) is 80.4 Å². The zero-order chi connectivity index (χ0) is 32.0. The summed E-state index contributed by atoms with van der Waals surface area (Å²) >= 11 is 1.28. The lowest BCUT2D eigenvalue weighted by atomic mass is 9.98. The molecule has 2 amide bonds. The maximum atomic E-state index is 13.4. The van der Waals surface area contributed by atoms with Crippen molar-refractivity contribution in [3.8, 4) is 21.7 Å². The standard InChI is InChI=1S/C34H32FN5O4S/c1-34(2,43)12-13-37-18-25-15-29(39-32(42)30-20-45-33(40-30)24-7-9-26(35)10-8-24)27(16-28(25)36)22-3-5-23(6-4-22)31(41)38-17-21-11-14-44-19-21/h3-11,14-16,18-20,43H,12-13,17,36H2,1-2H3,(H,38,41)(H,39,42). The van der Waals surface area contributed by atoms with E-state index in [0.29, 0.717) is 58.1 Å². The van der Waals surface area contributed by atoms with Gasteiger partial charge in [0.05, 0.1) is 18.1 Å². The monoisotopic (exact) mass is 625 g/mol. The number of aromatic nitrogens is 1. The Balaban J connectivity index is 1.41. The number of nitrogen functional groups attached to an aromatic ring is 1. The number of nitrogens with one attached hydrogen (secondary N) is 2. The van der Waals surface area contributed by atoms with Gasteiger partial charge in [0.1, 0.15) is 16.5 Å². The summed E-state index contributed by atoms with van der Waals surface area (Å²) in [6, 6.07) is 18.1. The number of carbonyl (C=O) groups excluding carboxylic acids is 2. The fourth-order valence-corrected chi connectivity index (χ4v) is 5.16. The molecule has 0 bridgehead atoms. The smallest absolute Gasteiger partial charge is 0.275 e. The van der Waals surface area contributed by atoms with Crippen LogP contribution in [-0.4, -0.2) is 40.3 Å². The summed E-state index contributed by atoms with van der Waals surface area (Å²) in [6.07, 6.45) is 5.20. The van der Waals surface area contributed by atoms with Crippen LogP contribution in [0.4, 0.5) is 15.8 Å². The third kappa shape index (κ3) is 8.28. The fourth-order valence-electron chi connectivity index (χ4n) is 4.36. The molecule has 0 saturated carbocycles. The molecule has 0 fully saturated rings. The summed E-state index contributed by atoms with van der Waals surface area (Å²) in [5.74, 6) is -1.04. The SMILES string of the molecule is CC(C)(O)CCN=Cc1cc(NC(=O)c2csc(-c3ccc(F)cc3)n2)c(-c2ccc(C(=O)NCc3ccoc3)cc2)cc1N. The largest absolute Gasteiger partial charge is 0.472 e. The maximum Gasteiger partial charge on any atom is 0.275 e. The van der Waals surface area contributed by atoms with Gasteiger partial charge in [0.25, 0.3) is 11.8 Å². The van der Waals surface area contributed by atoms with Gasteiger partial charge in [0, 0.05) is 63.9 Å². The van der Waals surface area contributed by atoms with Crippen LogP contribution in [0.3, 0.4) is 0 Å². The molecule has 3 aromatic carbocycles. The minimum absolute atomic E-state index is 0.201. The van der Waals surface area contributed by atoms with Crippen molar-refractivity contribution >= 4 is 40.7 Å².